The minimum Gasteiger partial charge on any atom is -0.450 e. The standard InChI is InChI=1S/C26H31FN6O4/c1-3-4-13-37-26(35)29-11-5-10-28-25(34)17-6-8-20-19(15-17)23(32-31-20)24-30-21-9-7-18(27)16-22(21)33(24)12-14-36-2/h6-9,15-16H,3-5,10-14H2,1-2H3,(H,28,34)(H,29,35)(H,31,32). The molecule has 0 atom stereocenters. The van der Waals surface area contributed by atoms with Gasteiger partial charge in [-0.3, -0.25) is 9.89 Å². The summed E-state index contributed by atoms with van der Waals surface area (Å²) in [6.07, 6.45) is 1.90. The number of unbranched alkanes of at least 4 members (excludes halogenated alkanes) is 1. The molecule has 0 spiro atoms. The number of hydrogen-bond donors (Lipinski definition) is 3. The van der Waals surface area contributed by atoms with Crippen LogP contribution in [0.2, 0.25) is 0 Å². The van der Waals surface area contributed by atoms with Gasteiger partial charge >= 0.3 is 6.09 Å². The number of alkyl carbamates (subject to hydrolysis) is 1. The molecule has 0 unspecified atom stereocenters. The maximum atomic E-state index is 14.0. The van der Waals surface area contributed by atoms with Gasteiger partial charge in [0.25, 0.3) is 5.91 Å². The number of benzene rings is 2. The molecule has 2 aromatic carbocycles. The highest BCUT2D eigenvalue weighted by molar-refractivity contribution is 6.01. The van der Waals surface area contributed by atoms with Crippen molar-refractivity contribution in [1.29, 1.82) is 0 Å². The van der Waals surface area contributed by atoms with Gasteiger partial charge in [-0.05, 0) is 49.2 Å². The lowest BCUT2D eigenvalue weighted by atomic mass is 10.1. The minimum atomic E-state index is -0.447. The lowest BCUT2D eigenvalue weighted by Crippen LogP contribution is -2.30. The van der Waals surface area contributed by atoms with Crippen molar-refractivity contribution in [2.24, 2.45) is 0 Å². The van der Waals surface area contributed by atoms with Gasteiger partial charge in [0.15, 0.2) is 5.82 Å². The number of halogens is 1. The predicted octanol–water partition coefficient (Wildman–Crippen LogP) is 4.01. The molecule has 0 aliphatic carbocycles. The number of amides is 2. The van der Waals surface area contributed by atoms with Gasteiger partial charge in [0, 0.05) is 37.7 Å². The van der Waals surface area contributed by atoms with E-state index in [0.717, 1.165) is 23.7 Å². The van der Waals surface area contributed by atoms with Crippen LogP contribution in [-0.4, -0.2) is 65.2 Å². The summed E-state index contributed by atoms with van der Waals surface area (Å²) < 4.78 is 26.1. The molecular formula is C26H31FN6O4. The Hall–Kier alpha value is -3.99. The second kappa shape index (κ2) is 12.3. The second-order valence-corrected chi connectivity index (χ2v) is 8.57. The van der Waals surface area contributed by atoms with Crippen LogP contribution >= 0.6 is 0 Å². The normalized spacial score (nSPS) is 11.2. The number of aromatic nitrogens is 4. The fourth-order valence-electron chi connectivity index (χ4n) is 3.95. The molecule has 3 N–H and O–H groups in total. The molecule has 11 heteroatoms. The molecule has 0 radical (unpaired) electrons. The van der Waals surface area contributed by atoms with E-state index in [9.17, 15) is 14.0 Å². The molecule has 2 heterocycles. The van der Waals surface area contributed by atoms with E-state index in [0.29, 0.717) is 67.4 Å². The Labute approximate surface area is 213 Å². The Kier molecular flexibility index (Phi) is 8.68. The van der Waals surface area contributed by atoms with E-state index in [1.807, 2.05) is 11.5 Å². The number of methoxy groups -OCH3 is 1. The van der Waals surface area contributed by atoms with Gasteiger partial charge in [-0.25, -0.2) is 14.2 Å². The number of nitrogens with one attached hydrogen (secondary N) is 3. The second-order valence-electron chi connectivity index (χ2n) is 8.57. The number of fused-ring (bicyclic) bond motifs is 2. The van der Waals surface area contributed by atoms with Gasteiger partial charge in [0.1, 0.15) is 11.5 Å². The first-order chi connectivity index (χ1) is 18.0. The molecule has 196 valence electrons. The third-order valence-corrected chi connectivity index (χ3v) is 5.91. The number of ether oxygens (including phenoxy) is 2. The molecule has 2 aromatic heterocycles. The Balaban J connectivity index is 1.47. The summed E-state index contributed by atoms with van der Waals surface area (Å²) >= 11 is 0. The van der Waals surface area contributed by atoms with Crippen molar-refractivity contribution >= 4 is 33.9 Å². The minimum absolute atomic E-state index is 0.241. The van der Waals surface area contributed by atoms with Crippen LogP contribution in [0.1, 0.15) is 36.5 Å². The SMILES string of the molecule is CCCCOC(=O)NCCCNC(=O)c1ccc2[nH]nc(-c3nc4ccc(F)cc4n3CCOC)c2c1. The van der Waals surface area contributed by atoms with E-state index >= 15 is 0 Å². The molecule has 2 amide bonds. The molecule has 0 fully saturated rings. The zero-order chi connectivity index (χ0) is 26.2. The first-order valence-corrected chi connectivity index (χ1v) is 12.3. The van der Waals surface area contributed by atoms with Crippen LogP contribution in [-0.2, 0) is 16.0 Å². The third kappa shape index (κ3) is 6.23. The zero-order valence-corrected chi connectivity index (χ0v) is 21.0. The fraction of sp³-hybridized carbons (Fsp3) is 0.385. The number of aromatic amines is 1. The average Bonchev–Trinajstić information content (AvgIpc) is 3.47. The van der Waals surface area contributed by atoms with Crippen molar-refractivity contribution in [3.63, 3.8) is 0 Å². The first-order valence-electron chi connectivity index (χ1n) is 12.3. The van der Waals surface area contributed by atoms with Crippen molar-refractivity contribution in [2.45, 2.75) is 32.7 Å². The summed E-state index contributed by atoms with van der Waals surface area (Å²) in [4.78, 5) is 29.1. The first kappa shape index (κ1) is 26.1. The van der Waals surface area contributed by atoms with Gasteiger partial charge in [0.2, 0.25) is 0 Å². The number of hydrogen-bond acceptors (Lipinski definition) is 6. The molecule has 0 saturated heterocycles. The molecule has 0 aliphatic rings. The summed E-state index contributed by atoms with van der Waals surface area (Å²) in [6, 6.07) is 9.70. The lowest BCUT2D eigenvalue weighted by Gasteiger charge is -2.09. The van der Waals surface area contributed by atoms with Gasteiger partial charge in [-0.15, -0.1) is 0 Å². The van der Waals surface area contributed by atoms with Crippen LogP contribution in [0.15, 0.2) is 36.4 Å². The highest BCUT2D eigenvalue weighted by atomic mass is 19.1. The van der Waals surface area contributed by atoms with Crippen molar-refractivity contribution in [3.05, 3.63) is 47.8 Å². The largest absolute Gasteiger partial charge is 0.450 e. The van der Waals surface area contributed by atoms with Crippen molar-refractivity contribution in [3.8, 4) is 11.5 Å². The summed E-state index contributed by atoms with van der Waals surface area (Å²) in [5.74, 6) is -0.0417. The topological polar surface area (TPSA) is 123 Å². The molecular weight excluding hydrogens is 479 g/mol. The smallest absolute Gasteiger partial charge is 0.407 e. The Morgan fingerprint density at radius 2 is 1.92 bits per heavy atom. The monoisotopic (exact) mass is 510 g/mol. The number of H-pyrrole nitrogens is 1. The third-order valence-electron chi connectivity index (χ3n) is 5.91. The van der Waals surface area contributed by atoms with Crippen molar-refractivity contribution in [1.82, 2.24) is 30.4 Å². The van der Waals surface area contributed by atoms with E-state index in [1.165, 1.54) is 12.1 Å². The summed E-state index contributed by atoms with van der Waals surface area (Å²) in [5, 5.41) is 13.7. The van der Waals surface area contributed by atoms with Crippen LogP contribution in [0.3, 0.4) is 0 Å². The molecule has 0 saturated carbocycles. The Morgan fingerprint density at radius 3 is 2.73 bits per heavy atom. The molecule has 10 nitrogen and oxygen atoms in total. The fourth-order valence-corrected chi connectivity index (χ4v) is 3.95. The van der Waals surface area contributed by atoms with Crippen LogP contribution in [0.4, 0.5) is 9.18 Å². The molecule has 0 aliphatic heterocycles. The maximum absolute atomic E-state index is 14.0. The molecule has 0 bridgehead atoms. The Morgan fingerprint density at radius 1 is 1.08 bits per heavy atom. The predicted molar refractivity (Wildman–Crippen MR) is 138 cm³/mol. The number of imidazole rings is 1. The number of carbonyl (C=O) groups excluding carboxylic acids is 2. The van der Waals surface area contributed by atoms with Crippen LogP contribution in [0.5, 0.6) is 0 Å². The molecule has 37 heavy (non-hydrogen) atoms. The zero-order valence-electron chi connectivity index (χ0n) is 21.0. The number of carbonyl (C=O) groups is 2. The number of nitrogens with zero attached hydrogens (tertiary/aromatic N) is 3. The van der Waals surface area contributed by atoms with E-state index in [1.54, 1.807) is 31.4 Å². The molecule has 4 aromatic rings. The highest BCUT2D eigenvalue weighted by Crippen LogP contribution is 2.30. The maximum Gasteiger partial charge on any atom is 0.407 e. The van der Waals surface area contributed by atoms with E-state index in [2.05, 4.69) is 20.8 Å². The lowest BCUT2D eigenvalue weighted by molar-refractivity contribution is 0.0953. The molecule has 4 rings (SSSR count). The van der Waals surface area contributed by atoms with Crippen molar-refractivity contribution < 1.29 is 23.5 Å². The Bertz CT molecular complexity index is 1380. The summed E-state index contributed by atoms with van der Waals surface area (Å²) in [5.41, 5.74) is 3.05. The van der Waals surface area contributed by atoms with E-state index < -0.39 is 6.09 Å². The van der Waals surface area contributed by atoms with Crippen LogP contribution in [0, 0.1) is 5.82 Å². The van der Waals surface area contributed by atoms with Crippen LogP contribution in [0.25, 0.3) is 33.5 Å². The number of rotatable bonds is 12. The highest BCUT2D eigenvalue weighted by Gasteiger charge is 2.19. The summed E-state index contributed by atoms with van der Waals surface area (Å²) in [7, 11) is 1.60. The van der Waals surface area contributed by atoms with Crippen LogP contribution < -0.4 is 10.6 Å². The van der Waals surface area contributed by atoms with Gasteiger partial charge in [0.05, 0.1) is 29.8 Å². The van der Waals surface area contributed by atoms with Gasteiger partial charge in [-0.1, -0.05) is 13.3 Å². The van der Waals surface area contributed by atoms with Gasteiger partial charge < -0.3 is 24.7 Å². The quantitative estimate of drug-likeness (QED) is 0.248. The average molecular weight is 511 g/mol. The van der Waals surface area contributed by atoms with Crippen molar-refractivity contribution in [2.75, 3.05) is 33.4 Å². The van der Waals surface area contributed by atoms with E-state index in [4.69, 9.17) is 14.5 Å². The summed E-state index contributed by atoms with van der Waals surface area (Å²) in [6.45, 7) is 4.09. The van der Waals surface area contributed by atoms with Gasteiger partial charge in [-0.2, -0.15) is 5.10 Å². The van der Waals surface area contributed by atoms with E-state index in [-0.39, 0.29) is 11.7 Å².